The molecular weight excluding hydrogens is 160 g/mol. The van der Waals surface area contributed by atoms with Crippen LogP contribution in [0, 0.1) is 5.41 Å². The molecule has 0 saturated carbocycles. The highest BCUT2D eigenvalue weighted by Crippen LogP contribution is 2.39. The Kier molecular flexibility index (Phi) is 4.69. The highest BCUT2D eigenvalue weighted by molar-refractivity contribution is 5.21. The molecule has 0 fully saturated rings. The molecule has 0 bridgehead atoms. The Morgan fingerprint density at radius 2 is 1.69 bits per heavy atom. The third-order valence-corrected chi connectivity index (χ3v) is 2.94. The van der Waals surface area contributed by atoms with Crippen LogP contribution >= 0.6 is 0 Å². The summed E-state index contributed by atoms with van der Waals surface area (Å²) in [7, 11) is 0. The van der Waals surface area contributed by atoms with Crippen LogP contribution in [-0.4, -0.2) is 11.2 Å². The van der Waals surface area contributed by atoms with Crippen molar-refractivity contribution in [2.24, 2.45) is 5.41 Å². The predicted octanol–water partition coefficient (Wildman–Crippen LogP) is 3.53. The molecule has 0 aromatic rings. The van der Waals surface area contributed by atoms with Gasteiger partial charge in [0, 0.05) is 0 Å². The molecule has 1 rings (SSSR count). The molecule has 78 valence electrons. The number of rotatable bonds is 0. The molecule has 1 N–H and O–H groups in total. The van der Waals surface area contributed by atoms with Crippen LogP contribution in [0.5, 0.6) is 0 Å². The Labute approximate surface area is 82.9 Å². The van der Waals surface area contributed by atoms with E-state index >= 15 is 0 Å². The number of aliphatic hydroxyl groups is 1. The second-order valence-electron chi connectivity index (χ2n) is 4.35. The van der Waals surface area contributed by atoms with Gasteiger partial charge < -0.3 is 5.11 Å². The summed E-state index contributed by atoms with van der Waals surface area (Å²) in [6, 6.07) is 0. The topological polar surface area (TPSA) is 20.2 Å². The van der Waals surface area contributed by atoms with Gasteiger partial charge in [0.15, 0.2) is 0 Å². The van der Waals surface area contributed by atoms with E-state index in [0.717, 1.165) is 12.8 Å². The van der Waals surface area contributed by atoms with E-state index in [4.69, 9.17) is 0 Å². The molecule has 0 amide bonds. The zero-order valence-electron chi connectivity index (χ0n) is 9.94. The first-order valence-electron chi connectivity index (χ1n) is 5.28. The monoisotopic (exact) mass is 184 g/mol. The predicted molar refractivity (Wildman–Crippen MR) is 58.7 cm³/mol. The number of hydrogen-bond acceptors (Lipinski definition) is 1. The molecule has 1 nitrogen and oxygen atoms in total. The molecule has 0 aromatic heterocycles. The van der Waals surface area contributed by atoms with Gasteiger partial charge in [-0.25, -0.2) is 0 Å². The summed E-state index contributed by atoms with van der Waals surface area (Å²) in [5.74, 6) is 0. The molecule has 0 aliphatic heterocycles. The second kappa shape index (κ2) is 4.80. The lowest BCUT2D eigenvalue weighted by Gasteiger charge is -2.35. The average Bonchev–Trinajstić information content (AvgIpc) is 2.03. The maximum Gasteiger partial charge on any atom is 0.0585 e. The summed E-state index contributed by atoms with van der Waals surface area (Å²) >= 11 is 0. The maximum atomic E-state index is 9.50. The molecule has 0 heterocycles. The van der Waals surface area contributed by atoms with Crippen LogP contribution in [0.15, 0.2) is 11.1 Å². The van der Waals surface area contributed by atoms with Crippen molar-refractivity contribution < 1.29 is 5.11 Å². The standard InChI is InChI=1S/C10H18O.C2H6/c1-7-5-9(11)6-10(3,4)8(7)2;1-2/h9,11H,5-6H2,1-4H3;1-2H3. The summed E-state index contributed by atoms with van der Waals surface area (Å²) in [5.41, 5.74) is 3.04. The molecule has 13 heavy (non-hydrogen) atoms. The van der Waals surface area contributed by atoms with Crippen molar-refractivity contribution in [1.82, 2.24) is 0 Å². The van der Waals surface area contributed by atoms with Gasteiger partial charge in [0.25, 0.3) is 0 Å². The van der Waals surface area contributed by atoms with Gasteiger partial charge in [-0.3, -0.25) is 0 Å². The maximum absolute atomic E-state index is 9.50. The summed E-state index contributed by atoms with van der Waals surface area (Å²) in [6.07, 6.45) is 1.67. The minimum Gasteiger partial charge on any atom is -0.393 e. The van der Waals surface area contributed by atoms with Crippen LogP contribution in [0.1, 0.15) is 54.4 Å². The summed E-state index contributed by atoms with van der Waals surface area (Å²) in [6.45, 7) is 12.7. The van der Waals surface area contributed by atoms with Crippen LogP contribution in [-0.2, 0) is 0 Å². The van der Waals surface area contributed by atoms with E-state index in [1.54, 1.807) is 0 Å². The van der Waals surface area contributed by atoms with Gasteiger partial charge in [-0.05, 0) is 32.1 Å². The van der Waals surface area contributed by atoms with E-state index in [1.807, 2.05) is 13.8 Å². The van der Waals surface area contributed by atoms with Crippen molar-refractivity contribution in [1.29, 1.82) is 0 Å². The number of allylic oxidation sites excluding steroid dienone is 1. The van der Waals surface area contributed by atoms with Gasteiger partial charge in [-0.2, -0.15) is 0 Å². The van der Waals surface area contributed by atoms with Gasteiger partial charge in [-0.1, -0.05) is 38.8 Å². The lowest BCUT2D eigenvalue weighted by atomic mass is 9.72. The summed E-state index contributed by atoms with van der Waals surface area (Å²) in [5, 5.41) is 9.50. The molecule has 1 aliphatic carbocycles. The lowest BCUT2D eigenvalue weighted by Crippen LogP contribution is -2.27. The normalized spacial score (nSPS) is 26.5. The Hall–Kier alpha value is -0.300. The Morgan fingerprint density at radius 3 is 2.08 bits per heavy atom. The van der Waals surface area contributed by atoms with Crippen molar-refractivity contribution >= 4 is 0 Å². The van der Waals surface area contributed by atoms with E-state index in [2.05, 4.69) is 27.7 Å². The highest BCUT2D eigenvalue weighted by atomic mass is 16.3. The van der Waals surface area contributed by atoms with E-state index in [1.165, 1.54) is 11.1 Å². The summed E-state index contributed by atoms with van der Waals surface area (Å²) < 4.78 is 0. The number of hydrogen-bond donors (Lipinski definition) is 1. The molecule has 1 aliphatic rings. The third-order valence-electron chi connectivity index (χ3n) is 2.94. The van der Waals surface area contributed by atoms with Gasteiger partial charge in [0.2, 0.25) is 0 Å². The van der Waals surface area contributed by atoms with Crippen LogP contribution in [0.3, 0.4) is 0 Å². The van der Waals surface area contributed by atoms with E-state index in [-0.39, 0.29) is 11.5 Å². The molecule has 1 unspecified atom stereocenters. The van der Waals surface area contributed by atoms with Crippen molar-refractivity contribution in [3.8, 4) is 0 Å². The van der Waals surface area contributed by atoms with Gasteiger partial charge in [0.1, 0.15) is 0 Å². The van der Waals surface area contributed by atoms with Crippen molar-refractivity contribution in [3.63, 3.8) is 0 Å². The fourth-order valence-corrected chi connectivity index (χ4v) is 1.90. The summed E-state index contributed by atoms with van der Waals surface area (Å²) in [4.78, 5) is 0. The quantitative estimate of drug-likeness (QED) is 0.571. The van der Waals surface area contributed by atoms with E-state index in [9.17, 15) is 5.11 Å². The Morgan fingerprint density at radius 1 is 1.23 bits per heavy atom. The van der Waals surface area contributed by atoms with Crippen molar-refractivity contribution in [2.45, 2.75) is 60.5 Å². The minimum atomic E-state index is -0.117. The first kappa shape index (κ1) is 12.7. The first-order valence-corrected chi connectivity index (χ1v) is 5.28. The van der Waals surface area contributed by atoms with E-state index < -0.39 is 0 Å². The Balaban J connectivity index is 0.000000671. The fraction of sp³-hybridized carbons (Fsp3) is 0.833. The SMILES string of the molecule is CC.CC1=C(C)C(C)(C)CC(O)C1. The highest BCUT2D eigenvalue weighted by Gasteiger charge is 2.29. The smallest absolute Gasteiger partial charge is 0.0585 e. The molecule has 0 saturated heterocycles. The van der Waals surface area contributed by atoms with E-state index in [0.29, 0.717) is 0 Å². The van der Waals surface area contributed by atoms with Crippen LogP contribution < -0.4 is 0 Å². The van der Waals surface area contributed by atoms with Crippen LogP contribution in [0.4, 0.5) is 0 Å². The number of aliphatic hydroxyl groups excluding tert-OH is 1. The van der Waals surface area contributed by atoms with Crippen molar-refractivity contribution in [2.75, 3.05) is 0 Å². The van der Waals surface area contributed by atoms with Crippen molar-refractivity contribution in [3.05, 3.63) is 11.1 Å². The zero-order valence-corrected chi connectivity index (χ0v) is 9.94. The first-order chi connectivity index (χ1) is 5.93. The zero-order chi connectivity index (χ0) is 10.6. The second-order valence-corrected chi connectivity index (χ2v) is 4.35. The van der Waals surface area contributed by atoms with Crippen LogP contribution in [0.25, 0.3) is 0 Å². The lowest BCUT2D eigenvalue weighted by molar-refractivity contribution is 0.115. The molecular formula is C12H24O. The Bertz CT molecular complexity index is 189. The van der Waals surface area contributed by atoms with Gasteiger partial charge >= 0.3 is 0 Å². The molecule has 1 atom stereocenters. The molecule has 0 radical (unpaired) electrons. The molecule has 0 aromatic carbocycles. The largest absolute Gasteiger partial charge is 0.393 e. The minimum absolute atomic E-state index is 0.117. The molecule has 1 heteroatoms. The third kappa shape index (κ3) is 3.15. The van der Waals surface area contributed by atoms with Gasteiger partial charge in [-0.15, -0.1) is 0 Å². The van der Waals surface area contributed by atoms with Crippen LogP contribution in [0.2, 0.25) is 0 Å². The van der Waals surface area contributed by atoms with Gasteiger partial charge in [0.05, 0.1) is 6.10 Å². The molecule has 0 spiro atoms. The average molecular weight is 184 g/mol. The fourth-order valence-electron chi connectivity index (χ4n) is 1.90.